The Labute approximate surface area is 117 Å². The molecule has 0 saturated heterocycles. The monoisotopic (exact) mass is 287 g/mol. The van der Waals surface area contributed by atoms with Crippen molar-refractivity contribution in [3.8, 4) is 5.88 Å². The van der Waals surface area contributed by atoms with Crippen LogP contribution in [0.1, 0.15) is 27.7 Å². The standard InChI is InChI=1S/C12H18ClN3O3/c1-8(16-11(17)19-12(2,3)4)6-18-10-5-9(13)14-7-15-10/h5,7-8H,6H2,1-4H3,(H,16,17). The molecule has 1 aromatic rings. The van der Waals surface area contributed by atoms with Crippen LogP contribution in [-0.4, -0.2) is 34.3 Å². The lowest BCUT2D eigenvalue weighted by Gasteiger charge is -2.21. The first-order valence-electron chi connectivity index (χ1n) is 5.86. The average molecular weight is 288 g/mol. The minimum Gasteiger partial charge on any atom is -0.475 e. The fraction of sp³-hybridized carbons (Fsp3) is 0.583. The van der Waals surface area contributed by atoms with Crippen molar-refractivity contribution in [2.45, 2.75) is 39.3 Å². The smallest absolute Gasteiger partial charge is 0.407 e. The van der Waals surface area contributed by atoms with Crippen LogP contribution in [0.2, 0.25) is 5.15 Å². The van der Waals surface area contributed by atoms with E-state index in [1.807, 2.05) is 0 Å². The fourth-order valence-corrected chi connectivity index (χ4v) is 1.29. The highest BCUT2D eigenvalue weighted by Gasteiger charge is 2.17. The lowest BCUT2D eigenvalue weighted by Crippen LogP contribution is -2.40. The molecule has 0 aliphatic heterocycles. The Bertz CT molecular complexity index is 434. The zero-order valence-corrected chi connectivity index (χ0v) is 12.2. The van der Waals surface area contributed by atoms with Gasteiger partial charge in [-0.15, -0.1) is 0 Å². The maximum Gasteiger partial charge on any atom is 0.407 e. The SMILES string of the molecule is CC(COc1cc(Cl)ncn1)NC(=O)OC(C)(C)C. The molecular formula is C12H18ClN3O3. The van der Waals surface area contributed by atoms with Crippen molar-refractivity contribution in [1.82, 2.24) is 15.3 Å². The molecule has 19 heavy (non-hydrogen) atoms. The van der Waals surface area contributed by atoms with Crippen LogP contribution < -0.4 is 10.1 Å². The number of nitrogens with zero attached hydrogens (tertiary/aromatic N) is 2. The number of ether oxygens (including phenoxy) is 2. The summed E-state index contributed by atoms with van der Waals surface area (Å²) in [6.07, 6.45) is 0.827. The van der Waals surface area contributed by atoms with Crippen LogP contribution in [0.4, 0.5) is 4.79 Å². The normalized spacial score (nSPS) is 12.7. The fourth-order valence-electron chi connectivity index (χ4n) is 1.16. The molecule has 7 heteroatoms. The minimum atomic E-state index is -0.523. The highest BCUT2D eigenvalue weighted by atomic mass is 35.5. The second-order valence-electron chi connectivity index (χ2n) is 5.04. The summed E-state index contributed by atoms with van der Waals surface area (Å²) in [5, 5.41) is 2.96. The number of hydrogen-bond donors (Lipinski definition) is 1. The highest BCUT2D eigenvalue weighted by molar-refractivity contribution is 6.29. The van der Waals surface area contributed by atoms with Gasteiger partial charge in [0.15, 0.2) is 0 Å². The van der Waals surface area contributed by atoms with Gasteiger partial charge in [-0.05, 0) is 27.7 Å². The van der Waals surface area contributed by atoms with E-state index < -0.39 is 11.7 Å². The number of halogens is 1. The zero-order chi connectivity index (χ0) is 14.5. The number of aromatic nitrogens is 2. The van der Waals surface area contributed by atoms with Gasteiger partial charge < -0.3 is 14.8 Å². The molecule has 0 spiro atoms. The van der Waals surface area contributed by atoms with Crippen LogP contribution in [0.3, 0.4) is 0 Å². The first kappa shape index (κ1) is 15.5. The van der Waals surface area contributed by atoms with Crippen molar-refractivity contribution in [2.24, 2.45) is 0 Å². The Hall–Kier alpha value is -1.56. The minimum absolute atomic E-state index is 0.219. The number of hydrogen-bond acceptors (Lipinski definition) is 5. The molecule has 1 rings (SSSR count). The van der Waals surface area contributed by atoms with E-state index in [-0.39, 0.29) is 12.6 Å². The third-order valence-electron chi connectivity index (χ3n) is 1.85. The molecule has 1 unspecified atom stereocenters. The number of carbonyl (C=O) groups excluding carboxylic acids is 1. The third-order valence-corrected chi connectivity index (χ3v) is 2.06. The van der Waals surface area contributed by atoms with E-state index in [1.165, 1.54) is 12.4 Å². The summed E-state index contributed by atoms with van der Waals surface area (Å²) in [4.78, 5) is 19.1. The van der Waals surface area contributed by atoms with Crippen LogP contribution in [0.25, 0.3) is 0 Å². The molecule has 106 valence electrons. The summed E-state index contributed by atoms with van der Waals surface area (Å²) in [5.41, 5.74) is -0.523. The first-order chi connectivity index (χ1) is 8.76. The lowest BCUT2D eigenvalue weighted by atomic mass is 10.2. The number of alkyl carbamates (subject to hydrolysis) is 1. The van der Waals surface area contributed by atoms with E-state index in [0.717, 1.165) is 0 Å². The second kappa shape index (κ2) is 6.56. The van der Waals surface area contributed by atoms with Crippen molar-refractivity contribution in [3.05, 3.63) is 17.5 Å². The van der Waals surface area contributed by atoms with Gasteiger partial charge in [0.05, 0.1) is 6.04 Å². The molecule has 0 aliphatic carbocycles. The Morgan fingerprint density at radius 2 is 2.16 bits per heavy atom. The summed E-state index contributed by atoms with van der Waals surface area (Å²) in [7, 11) is 0. The average Bonchev–Trinajstić information content (AvgIpc) is 2.23. The molecule has 1 amide bonds. The van der Waals surface area contributed by atoms with Crippen LogP contribution in [-0.2, 0) is 4.74 Å². The van der Waals surface area contributed by atoms with E-state index in [1.54, 1.807) is 27.7 Å². The van der Waals surface area contributed by atoms with Crippen molar-refractivity contribution in [1.29, 1.82) is 0 Å². The Balaban J connectivity index is 2.36. The van der Waals surface area contributed by atoms with Gasteiger partial charge in [-0.25, -0.2) is 14.8 Å². The highest BCUT2D eigenvalue weighted by Crippen LogP contribution is 2.11. The van der Waals surface area contributed by atoms with Gasteiger partial charge in [-0.1, -0.05) is 11.6 Å². The summed E-state index contributed by atoms with van der Waals surface area (Å²) in [5.74, 6) is 0.359. The molecule has 0 aromatic carbocycles. The van der Waals surface area contributed by atoms with E-state index in [2.05, 4.69) is 15.3 Å². The third kappa shape index (κ3) is 6.81. The van der Waals surface area contributed by atoms with E-state index in [4.69, 9.17) is 21.1 Å². The zero-order valence-electron chi connectivity index (χ0n) is 11.4. The topological polar surface area (TPSA) is 73.3 Å². The van der Waals surface area contributed by atoms with Gasteiger partial charge in [0.2, 0.25) is 5.88 Å². The van der Waals surface area contributed by atoms with Gasteiger partial charge in [-0.2, -0.15) is 0 Å². The van der Waals surface area contributed by atoms with Gasteiger partial charge in [-0.3, -0.25) is 0 Å². The number of rotatable bonds is 4. The van der Waals surface area contributed by atoms with Crippen LogP contribution >= 0.6 is 11.6 Å². The van der Waals surface area contributed by atoms with Gasteiger partial charge in [0, 0.05) is 6.07 Å². The maximum absolute atomic E-state index is 11.5. The lowest BCUT2D eigenvalue weighted by molar-refractivity contribution is 0.0493. The molecule has 1 aromatic heterocycles. The molecule has 1 heterocycles. The predicted molar refractivity (Wildman–Crippen MR) is 71.4 cm³/mol. The molecule has 0 saturated carbocycles. The van der Waals surface area contributed by atoms with Crippen LogP contribution in [0.15, 0.2) is 12.4 Å². The molecule has 6 nitrogen and oxygen atoms in total. The van der Waals surface area contributed by atoms with Gasteiger partial charge in [0.25, 0.3) is 0 Å². The van der Waals surface area contributed by atoms with Crippen molar-refractivity contribution in [2.75, 3.05) is 6.61 Å². The molecule has 0 aliphatic rings. The Morgan fingerprint density at radius 1 is 1.47 bits per heavy atom. The number of nitrogens with one attached hydrogen (secondary N) is 1. The van der Waals surface area contributed by atoms with Crippen molar-refractivity contribution in [3.63, 3.8) is 0 Å². The quantitative estimate of drug-likeness (QED) is 0.861. The molecule has 1 N–H and O–H groups in total. The molecular weight excluding hydrogens is 270 g/mol. The van der Waals surface area contributed by atoms with Gasteiger partial charge >= 0.3 is 6.09 Å². The van der Waals surface area contributed by atoms with Crippen LogP contribution in [0, 0.1) is 0 Å². The van der Waals surface area contributed by atoms with Crippen molar-refractivity contribution < 1.29 is 14.3 Å². The Kier molecular flexibility index (Phi) is 5.35. The maximum atomic E-state index is 11.5. The number of carbonyl (C=O) groups is 1. The summed E-state index contributed by atoms with van der Waals surface area (Å²) < 4.78 is 10.5. The summed E-state index contributed by atoms with van der Waals surface area (Å²) in [6, 6.07) is 1.28. The largest absolute Gasteiger partial charge is 0.475 e. The summed E-state index contributed by atoms with van der Waals surface area (Å²) in [6.45, 7) is 7.46. The van der Waals surface area contributed by atoms with E-state index in [0.29, 0.717) is 11.0 Å². The van der Waals surface area contributed by atoms with Crippen LogP contribution in [0.5, 0.6) is 5.88 Å². The Morgan fingerprint density at radius 3 is 2.74 bits per heavy atom. The van der Waals surface area contributed by atoms with E-state index in [9.17, 15) is 4.79 Å². The number of amides is 1. The first-order valence-corrected chi connectivity index (χ1v) is 6.24. The molecule has 0 radical (unpaired) electrons. The molecule has 0 fully saturated rings. The van der Waals surface area contributed by atoms with E-state index >= 15 is 0 Å². The van der Waals surface area contributed by atoms with Crippen molar-refractivity contribution >= 4 is 17.7 Å². The van der Waals surface area contributed by atoms with Gasteiger partial charge in [0.1, 0.15) is 23.7 Å². The molecule has 0 bridgehead atoms. The molecule has 1 atom stereocenters. The second-order valence-corrected chi connectivity index (χ2v) is 5.42. The summed E-state index contributed by atoms with van der Waals surface area (Å²) >= 11 is 5.70. The predicted octanol–water partition coefficient (Wildman–Crippen LogP) is 2.42.